The largest absolute Gasteiger partial charge is 0.488 e. The van der Waals surface area contributed by atoms with Crippen molar-refractivity contribution in [1.29, 1.82) is 0 Å². The monoisotopic (exact) mass is 418 g/mol. The second-order valence-electron chi connectivity index (χ2n) is 5.91. The normalized spacial score (nSPS) is 11.5. The van der Waals surface area contributed by atoms with E-state index in [1.54, 1.807) is 17.6 Å². The van der Waals surface area contributed by atoms with Gasteiger partial charge in [0.1, 0.15) is 12.4 Å². The molecular formula is C19H23ClN6O3. The van der Waals surface area contributed by atoms with Crippen LogP contribution in [0.2, 0.25) is 5.02 Å². The molecule has 0 atom stereocenters. The first-order valence-electron chi connectivity index (χ1n) is 8.96. The molecule has 0 aliphatic carbocycles. The number of nitrogens with two attached hydrogens (primary N) is 1. The van der Waals surface area contributed by atoms with Crippen molar-refractivity contribution in [3.8, 4) is 5.75 Å². The third-order valence-electron chi connectivity index (χ3n) is 4.00. The molecule has 0 amide bonds. The lowest BCUT2D eigenvalue weighted by Gasteiger charge is -2.22. The fourth-order valence-corrected chi connectivity index (χ4v) is 2.68. The molecule has 0 heterocycles. The lowest BCUT2D eigenvalue weighted by atomic mass is 10.1. The zero-order valence-electron chi connectivity index (χ0n) is 16.2. The molecule has 2 rings (SSSR count). The third kappa shape index (κ3) is 6.96. The van der Waals surface area contributed by atoms with Crippen LogP contribution in [0.15, 0.2) is 52.7 Å². The number of anilines is 1. The van der Waals surface area contributed by atoms with E-state index in [1.807, 2.05) is 30.3 Å². The van der Waals surface area contributed by atoms with E-state index in [9.17, 15) is 10.1 Å². The van der Waals surface area contributed by atoms with Gasteiger partial charge in [0.15, 0.2) is 5.03 Å². The van der Waals surface area contributed by atoms with Crippen LogP contribution in [0.3, 0.4) is 0 Å². The zero-order valence-corrected chi connectivity index (χ0v) is 17.0. The molecule has 0 aromatic heterocycles. The molecule has 0 aliphatic heterocycles. The first-order valence-corrected chi connectivity index (χ1v) is 9.34. The van der Waals surface area contributed by atoms with Crippen LogP contribution in [0, 0.1) is 10.1 Å². The van der Waals surface area contributed by atoms with Gasteiger partial charge in [-0.15, -0.1) is 5.10 Å². The summed E-state index contributed by atoms with van der Waals surface area (Å²) in [5, 5.41) is 17.5. The molecular weight excluding hydrogens is 396 g/mol. The van der Waals surface area contributed by atoms with Gasteiger partial charge in [0.05, 0.1) is 6.21 Å². The highest BCUT2D eigenvalue weighted by Gasteiger charge is 2.09. The van der Waals surface area contributed by atoms with Gasteiger partial charge in [-0.3, -0.25) is 0 Å². The van der Waals surface area contributed by atoms with Crippen LogP contribution in [0.4, 0.5) is 5.69 Å². The summed E-state index contributed by atoms with van der Waals surface area (Å²) in [6.45, 7) is 6.20. The van der Waals surface area contributed by atoms with Gasteiger partial charge < -0.3 is 15.4 Å². The molecule has 9 nitrogen and oxygen atoms in total. The van der Waals surface area contributed by atoms with Gasteiger partial charge in [-0.2, -0.15) is 5.10 Å². The van der Waals surface area contributed by atoms with Crippen molar-refractivity contribution in [2.45, 2.75) is 20.5 Å². The Bertz CT molecular complexity index is 882. The third-order valence-corrected chi connectivity index (χ3v) is 4.25. The summed E-state index contributed by atoms with van der Waals surface area (Å²) in [5.74, 6) is 0.179. The van der Waals surface area contributed by atoms with E-state index >= 15 is 0 Å². The maximum Gasteiger partial charge on any atom is 0.275 e. The highest BCUT2D eigenvalue weighted by atomic mass is 35.5. The molecule has 2 aromatic rings. The maximum absolute atomic E-state index is 10.3. The van der Waals surface area contributed by atoms with E-state index in [-0.39, 0.29) is 0 Å². The van der Waals surface area contributed by atoms with Gasteiger partial charge in [0, 0.05) is 35.4 Å². The molecule has 3 N–H and O–H groups in total. The van der Waals surface area contributed by atoms with Gasteiger partial charge in [0.25, 0.3) is 5.96 Å². The Labute approximate surface area is 173 Å². The van der Waals surface area contributed by atoms with Gasteiger partial charge in [-0.1, -0.05) is 29.2 Å². The Morgan fingerprint density at radius 2 is 1.97 bits per heavy atom. The van der Waals surface area contributed by atoms with Crippen LogP contribution in [0.25, 0.3) is 0 Å². The number of halogens is 1. The number of nitrogens with one attached hydrogen (secondary N) is 1. The van der Waals surface area contributed by atoms with Crippen molar-refractivity contribution in [1.82, 2.24) is 5.43 Å². The number of nitro groups is 1. The molecule has 0 aliphatic rings. The molecule has 10 heteroatoms. The Balaban J connectivity index is 2.25. The Morgan fingerprint density at radius 3 is 2.59 bits per heavy atom. The molecule has 0 unspecified atom stereocenters. The molecule has 0 radical (unpaired) electrons. The highest BCUT2D eigenvalue weighted by Crippen LogP contribution is 2.26. The highest BCUT2D eigenvalue weighted by molar-refractivity contribution is 6.30. The number of guanidine groups is 1. The predicted molar refractivity (Wildman–Crippen MR) is 115 cm³/mol. The van der Waals surface area contributed by atoms with E-state index in [2.05, 4.69) is 29.0 Å². The van der Waals surface area contributed by atoms with E-state index in [1.165, 1.54) is 6.21 Å². The minimum atomic E-state index is -0.812. The van der Waals surface area contributed by atoms with Crippen LogP contribution in [-0.2, 0) is 6.61 Å². The molecule has 2 aromatic carbocycles. The van der Waals surface area contributed by atoms with Crippen LogP contribution in [-0.4, -0.2) is 30.3 Å². The SMILES string of the molecule is CCN(CC)c1ccc(/C=N\N=C(N)N[N+](=O)[O-])c(OCc2ccc(Cl)cc2)c1. The lowest BCUT2D eigenvalue weighted by Crippen LogP contribution is -2.35. The quantitative estimate of drug-likeness (QED) is 0.279. The number of nitrogens with zero attached hydrogens (tertiary/aromatic N) is 4. The predicted octanol–water partition coefficient (Wildman–Crippen LogP) is 3.20. The van der Waals surface area contributed by atoms with Crippen molar-refractivity contribution in [3.63, 3.8) is 0 Å². The van der Waals surface area contributed by atoms with Crippen molar-refractivity contribution < 1.29 is 9.77 Å². The molecule has 29 heavy (non-hydrogen) atoms. The lowest BCUT2D eigenvalue weighted by molar-refractivity contribution is -0.525. The van der Waals surface area contributed by atoms with E-state index in [0.29, 0.717) is 22.9 Å². The number of benzene rings is 2. The number of ether oxygens (including phenoxy) is 1. The average molecular weight is 419 g/mol. The fourth-order valence-electron chi connectivity index (χ4n) is 2.55. The number of hydrogen-bond acceptors (Lipinski definition) is 6. The van der Waals surface area contributed by atoms with Crippen molar-refractivity contribution in [2.75, 3.05) is 18.0 Å². The minimum absolute atomic E-state index is 0.341. The van der Waals surface area contributed by atoms with Gasteiger partial charge in [-0.25, -0.2) is 10.1 Å². The first kappa shape index (κ1) is 22.0. The molecule has 0 saturated carbocycles. The van der Waals surface area contributed by atoms with Crippen LogP contribution < -0.4 is 20.8 Å². The van der Waals surface area contributed by atoms with E-state index < -0.39 is 11.0 Å². The molecule has 154 valence electrons. The number of hydrazine groups is 1. The summed E-state index contributed by atoms with van der Waals surface area (Å²) in [6, 6.07) is 13.1. The second kappa shape index (κ2) is 10.9. The molecule has 0 saturated heterocycles. The molecule has 0 bridgehead atoms. The zero-order chi connectivity index (χ0) is 21.2. The maximum atomic E-state index is 10.3. The minimum Gasteiger partial charge on any atom is -0.488 e. The summed E-state index contributed by atoms with van der Waals surface area (Å²) in [4.78, 5) is 12.5. The molecule has 0 spiro atoms. The first-order chi connectivity index (χ1) is 13.9. The van der Waals surface area contributed by atoms with Crippen LogP contribution >= 0.6 is 11.6 Å². The van der Waals surface area contributed by atoms with Gasteiger partial charge >= 0.3 is 0 Å². The summed E-state index contributed by atoms with van der Waals surface area (Å²) >= 11 is 5.92. The second-order valence-corrected chi connectivity index (χ2v) is 6.34. The Morgan fingerprint density at radius 1 is 1.28 bits per heavy atom. The van der Waals surface area contributed by atoms with Gasteiger partial charge in [0.2, 0.25) is 0 Å². The van der Waals surface area contributed by atoms with Crippen LogP contribution in [0.5, 0.6) is 5.75 Å². The van der Waals surface area contributed by atoms with E-state index in [0.717, 1.165) is 24.3 Å². The fraction of sp³-hybridized carbons (Fsp3) is 0.263. The van der Waals surface area contributed by atoms with E-state index in [4.69, 9.17) is 22.1 Å². The smallest absolute Gasteiger partial charge is 0.275 e. The van der Waals surface area contributed by atoms with Crippen LogP contribution in [0.1, 0.15) is 25.0 Å². The Kier molecular flexibility index (Phi) is 8.23. The van der Waals surface area contributed by atoms with Gasteiger partial charge in [-0.05, 0) is 43.7 Å². The summed E-state index contributed by atoms with van der Waals surface area (Å²) in [5.41, 5.74) is 9.71. The summed E-state index contributed by atoms with van der Waals surface area (Å²) in [6.07, 6.45) is 1.43. The molecule has 0 fully saturated rings. The summed E-state index contributed by atoms with van der Waals surface area (Å²) in [7, 11) is 0. The number of rotatable bonds is 9. The number of hydrogen-bond donors (Lipinski definition) is 2. The van der Waals surface area contributed by atoms with Crippen molar-refractivity contribution in [3.05, 3.63) is 68.7 Å². The van der Waals surface area contributed by atoms with Crippen molar-refractivity contribution >= 4 is 29.5 Å². The standard InChI is InChI=1S/C19H23ClN6O3/c1-3-25(4-2)17-10-7-15(12-22-23-19(21)24-26(27)28)18(11-17)29-13-14-5-8-16(20)9-6-14/h5-12H,3-4,13H2,1-2H3,(H3,21,23,24)/b22-12-. The average Bonchev–Trinajstić information content (AvgIpc) is 2.69. The topological polar surface area (TPSA) is 118 Å². The Hall–Kier alpha value is -3.33. The summed E-state index contributed by atoms with van der Waals surface area (Å²) < 4.78 is 6.00. The van der Waals surface area contributed by atoms with Crippen molar-refractivity contribution in [2.24, 2.45) is 15.9 Å².